The summed E-state index contributed by atoms with van der Waals surface area (Å²) in [6.45, 7) is 5.40. The number of carbonyl (C=O) groups excluding carboxylic acids is 1. The maximum Gasteiger partial charge on any atom is 0.220 e. The van der Waals surface area contributed by atoms with E-state index in [1.165, 1.54) is 0 Å². The number of aryl methyl sites for hydroxylation is 1. The van der Waals surface area contributed by atoms with E-state index < -0.39 is 0 Å². The van der Waals surface area contributed by atoms with Gasteiger partial charge in [0.25, 0.3) is 0 Å². The largest absolute Gasteiger partial charge is 0.352 e. The zero-order chi connectivity index (χ0) is 13.7. The number of nitrogens with one attached hydrogen (secondary N) is 2. The standard InChI is InChI=1S/C15H23N3O.2ClH/c1-11-5-10-17-12(2)15(11)18-14(19)4-3-13-6-8-16-9-7-13;;/h6-9,11-12,15,17H,3-5,10H2,1-2H3,(H,18,19);2*1H. The van der Waals surface area contributed by atoms with Gasteiger partial charge >= 0.3 is 0 Å². The molecule has 0 radical (unpaired) electrons. The molecule has 4 nitrogen and oxygen atoms in total. The van der Waals surface area contributed by atoms with Crippen LogP contribution >= 0.6 is 24.8 Å². The van der Waals surface area contributed by atoms with E-state index in [-0.39, 0.29) is 36.8 Å². The van der Waals surface area contributed by atoms with Crippen LogP contribution in [0.1, 0.15) is 32.3 Å². The van der Waals surface area contributed by atoms with Crippen LogP contribution in [0.15, 0.2) is 24.5 Å². The van der Waals surface area contributed by atoms with Gasteiger partial charge in [-0.15, -0.1) is 24.8 Å². The van der Waals surface area contributed by atoms with Gasteiger partial charge in [0, 0.05) is 30.9 Å². The zero-order valence-corrected chi connectivity index (χ0v) is 14.2. The van der Waals surface area contributed by atoms with Gasteiger partial charge in [0.1, 0.15) is 0 Å². The molecule has 0 saturated carbocycles. The number of amides is 1. The summed E-state index contributed by atoms with van der Waals surface area (Å²) in [5.41, 5.74) is 1.16. The van der Waals surface area contributed by atoms with Crippen LogP contribution in [0.3, 0.4) is 0 Å². The van der Waals surface area contributed by atoms with Crippen molar-refractivity contribution in [3.05, 3.63) is 30.1 Å². The fourth-order valence-corrected chi connectivity index (χ4v) is 2.67. The molecule has 21 heavy (non-hydrogen) atoms. The van der Waals surface area contributed by atoms with Crippen molar-refractivity contribution in [1.82, 2.24) is 15.6 Å². The van der Waals surface area contributed by atoms with Crippen LogP contribution < -0.4 is 10.6 Å². The highest BCUT2D eigenvalue weighted by Crippen LogP contribution is 2.16. The molecular weight excluding hydrogens is 309 g/mol. The van der Waals surface area contributed by atoms with Gasteiger partial charge in [-0.2, -0.15) is 0 Å². The van der Waals surface area contributed by atoms with Crippen LogP contribution in [0.25, 0.3) is 0 Å². The molecule has 120 valence electrons. The molecule has 0 bridgehead atoms. The van der Waals surface area contributed by atoms with Gasteiger partial charge in [0.15, 0.2) is 0 Å². The number of pyridine rings is 1. The van der Waals surface area contributed by atoms with Crippen LogP contribution in [0.5, 0.6) is 0 Å². The molecule has 2 heterocycles. The number of aromatic nitrogens is 1. The molecule has 1 aromatic rings. The number of hydrogen-bond acceptors (Lipinski definition) is 3. The van der Waals surface area contributed by atoms with E-state index in [0.717, 1.165) is 24.9 Å². The lowest BCUT2D eigenvalue weighted by atomic mass is 9.89. The van der Waals surface area contributed by atoms with Crippen molar-refractivity contribution in [1.29, 1.82) is 0 Å². The summed E-state index contributed by atoms with van der Waals surface area (Å²) < 4.78 is 0. The maximum atomic E-state index is 12.0. The van der Waals surface area contributed by atoms with Crippen LogP contribution in [0.4, 0.5) is 0 Å². The molecule has 2 N–H and O–H groups in total. The minimum Gasteiger partial charge on any atom is -0.352 e. The summed E-state index contributed by atoms with van der Waals surface area (Å²) in [5.74, 6) is 0.685. The topological polar surface area (TPSA) is 54.0 Å². The monoisotopic (exact) mass is 333 g/mol. The molecule has 1 saturated heterocycles. The summed E-state index contributed by atoms with van der Waals surface area (Å²) >= 11 is 0. The first-order valence-electron chi connectivity index (χ1n) is 7.08. The Hall–Kier alpha value is -0.840. The first-order valence-corrected chi connectivity index (χ1v) is 7.08. The Morgan fingerprint density at radius 3 is 2.62 bits per heavy atom. The summed E-state index contributed by atoms with van der Waals surface area (Å²) in [6, 6.07) is 4.52. The minimum atomic E-state index is 0. The van der Waals surface area contributed by atoms with Gasteiger partial charge in [-0.25, -0.2) is 0 Å². The number of hydrogen-bond donors (Lipinski definition) is 2. The first-order chi connectivity index (χ1) is 9.16. The predicted octanol–water partition coefficient (Wildman–Crippen LogP) is 2.36. The van der Waals surface area contributed by atoms with Crippen LogP contribution in [0, 0.1) is 5.92 Å². The van der Waals surface area contributed by atoms with Gasteiger partial charge in [0.2, 0.25) is 5.91 Å². The zero-order valence-electron chi connectivity index (χ0n) is 12.5. The van der Waals surface area contributed by atoms with Gasteiger partial charge in [-0.05, 0) is 49.9 Å². The number of halogens is 2. The Bertz CT molecular complexity index is 407. The van der Waals surface area contributed by atoms with Gasteiger partial charge in [-0.3, -0.25) is 9.78 Å². The maximum absolute atomic E-state index is 12.0. The van der Waals surface area contributed by atoms with Crippen LogP contribution in [-0.2, 0) is 11.2 Å². The summed E-state index contributed by atoms with van der Waals surface area (Å²) in [7, 11) is 0. The third-order valence-corrected chi connectivity index (χ3v) is 3.94. The highest BCUT2D eigenvalue weighted by molar-refractivity contribution is 5.85. The summed E-state index contributed by atoms with van der Waals surface area (Å²) in [5, 5.41) is 6.59. The second kappa shape index (κ2) is 9.98. The number of piperidine rings is 1. The van der Waals surface area contributed by atoms with Crippen LogP contribution in [-0.4, -0.2) is 29.5 Å². The lowest BCUT2D eigenvalue weighted by Gasteiger charge is -2.36. The van der Waals surface area contributed by atoms with Crippen LogP contribution in [0.2, 0.25) is 0 Å². The third kappa shape index (κ3) is 6.20. The molecule has 0 aliphatic carbocycles. The smallest absolute Gasteiger partial charge is 0.220 e. The molecule has 1 amide bonds. The fraction of sp³-hybridized carbons (Fsp3) is 0.600. The Morgan fingerprint density at radius 1 is 1.33 bits per heavy atom. The second-order valence-corrected chi connectivity index (χ2v) is 5.46. The van der Waals surface area contributed by atoms with Crippen molar-refractivity contribution >= 4 is 30.7 Å². The van der Waals surface area contributed by atoms with E-state index in [9.17, 15) is 4.79 Å². The van der Waals surface area contributed by atoms with Crippen molar-refractivity contribution in [2.75, 3.05) is 6.54 Å². The van der Waals surface area contributed by atoms with E-state index in [0.29, 0.717) is 18.4 Å². The minimum absolute atomic E-state index is 0. The molecule has 6 heteroatoms. The molecule has 3 unspecified atom stereocenters. The Kier molecular flexibility index (Phi) is 9.58. The predicted molar refractivity (Wildman–Crippen MR) is 90.2 cm³/mol. The molecule has 1 aliphatic rings. The van der Waals surface area contributed by atoms with Gasteiger partial charge < -0.3 is 10.6 Å². The van der Waals surface area contributed by atoms with E-state index in [2.05, 4.69) is 29.5 Å². The average Bonchev–Trinajstić information content (AvgIpc) is 2.42. The first kappa shape index (κ1) is 20.2. The molecule has 3 atom stereocenters. The fourth-order valence-electron chi connectivity index (χ4n) is 2.67. The van der Waals surface area contributed by atoms with Gasteiger partial charge in [0.05, 0.1) is 0 Å². The highest BCUT2D eigenvalue weighted by Gasteiger charge is 2.28. The normalized spacial score (nSPS) is 24.4. The average molecular weight is 334 g/mol. The van der Waals surface area contributed by atoms with Crippen molar-refractivity contribution in [3.8, 4) is 0 Å². The van der Waals surface area contributed by atoms with E-state index in [1.54, 1.807) is 12.4 Å². The summed E-state index contributed by atoms with van der Waals surface area (Å²) in [6.07, 6.45) is 5.97. The molecule has 2 rings (SSSR count). The van der Waals surface area contributed by atoms with E-state index in [1.807, 2.05) is 12.1 Å². The van der Waals surface area contributed by atoms with E-state index in [4.69, 9.17) is 0 Å². The number of carbonyl (C=O) groups is 1. The molecule has 1 aromatic heterocycles. The highest BCUT2D eigenvalue weighted by atomic mass is 35.5. The Morgan fingerprint density at radius 2 is 2.00 bits per heavy atom. The Labute approximate surface area is 139 Å². The lowest BCUT2D eigenvalue weighted by molar-refractivity contribution is -0.122. The molecular formula is C15H25Cl2N3O. The number of rotatable bonds is 4. The third-order valence-electron chi connectivity index (χ3n) is 3.94. The SMILES string of the molecule is CC1CCNC(C)C1NC(=O)CCc1ccncc1.Cl.Cl. The van der Waals surface area contributed by atoms with Crippen molar-refractivity contribution in [3.63, 3.8) is 0 Å². The molecule has 1 fully saturated rings. The van der Waals surface area contributed by atoms with Crippen molar-refractivity contribution < 1.29 is 4.79 Å². The molecule has 0 aromatic carbocycles. The lowest BCUT2D eigenvalue weighted by Crippen LogP contribution is -2.55. The van der Waals surface area contributed by atoms with E-state index >= 15 is 0 Å². The Balaban J connectivity index is 0.00000200. The molecule has 0 spiro atoms. The van der Waals surface area contributed by atoms with Gasteiger partial charge in [-0.1, -0.05) is 6.92 Å². The quantitative estimate of drug-likeness (QED) is 0.889. The molecule has 1 aliphatic heterocycles. The van der Waals surface area contributed by atoms with Crippen molar-refractivity contribution in [2.24, 2.45) is 5.92 Å². The number of nitrogens with zero attached hydrogens (tertiary/aromatic N) is 1. The second-order valence-electron chi connectivity index (χ2n) is 5.46. The summed E-state index contributed by atoms with van der Waals surface area (Å²) in [4.78, 5) is 16.0. The van der Waals surface area contributed by atoms with Crippen molar-refractivity contribution in [2.45, 2.75) is 45.2 Å².